The van der Waals surface area contributed by atoms with Crippen molar-refractivity contribution in [3.63, 3.8) is 0 Å². The highest BCUT2D eigenvalue weighted by atomic mass is 16.4. The zero-order valence-electron chi connectivity index (χ0n) is 9.02. The smallest absolute Gasteiger partial charge is 0.306 e. The van der Waals surface area contributed by atoms with Crippen molar-refractivity contribution < 1.29 is 9.90 Å². The number of pyridine rings is 1. The zero-order valence-corrected chi connectivity index (χ0v) is 9.02. The van der Waals surface area contributed by atoms with Gasteiger partial charge in [0.25, 0.3) is 0 Å². The summed E-state index contributed by atoms with van der Waals surface area (Å²) < 4.78 is 0. The fourth-order valence-corrected chi connectivity index (χ4v) is 1.63. The Balaban J connectivity index is 2.43. The minimum absolute atomic E-state index is 0.205. The Labute approximate surface area is 90.2 Å². The van der Waals surface area contributed by atoms with Gasteiger partial charge in [0.15, 0.2) is 0 Å². The van der Waals surface area contributed by atoms with Gasteiger partial charge in [-0.1, -0.05) is 13.3 Å². The van der Waals surface area contributed by atoms with E-state index in [1.54, 1.807) is 12.4 Å². The number of hydrogen-bond donors (Lipinski definition) is 1. The number of aromatic nitrogens is 1. The fourth-order valence-electron chi connectivity index (χ4n) is 1.63. The van der Waals surface area contributed by atoms with Crippen LogP contribution in [0.4, 0.5) is 0 Å². The van der Waals surface area contributed by atoms with Gasteiger partial charge in [0.2, 0.25) is 0 Å². The molecule has 1 rings (SSSR count). The van der Waals surface area contributed by atoms with Crippen LogP contribution in [0.25, 0.3) is 0 Å². The van der Waals surface area contributed by atoms with Crippen molar-refractivity contribution in [2.75, 3.05) is 0 Å². The van der Waals surface area contributed by atoms with Crippen molar-refractivity contribution in [2.24, 2.45) is 5.92 Å². The average Bonchev–Trinajstić information content (AvgIpc) is 2.25. The third-order valence-corrected chi connectivity index (χ3v) is 2.52. The zero-order chi connectivity index (χ0) is 11.1. The molecule has 0 bridgehead atoms. The van der Waals surface area contributed by atoms with Gasteiger partial charge in [0.05, 0.1) is 5.92 Å². The molecular weight excluding hydrogens is 190 g/mol. The number of nitrogens with zero attached hydrogens (tertiary/aromatic N) is 1. The number of rotatable bonds is 6. The van der Waals surface area contributed by atoms with Crippen molar-refractivity contribution >= 4 is 5.97 Å². The summed E-state index contributed by atoms with van der Waals surface area (Å²) in [7, 11) is 0. The lowest BCUT2D eigenvalue weighted by molar-refractivity contribution is -0.142. The molecule has 0 fully saturated rings. The van der Waals surface area contributed by atoms with Crippen molar-refractivity contribution in [3.8, 4) is 0 Å². The lowest BCUT2D eigenvalue weighted by Crippen LogP contribution is -2.14. The van der Waals surface area contributed by atoms with Crippen LogP contribution in [-0.2, 0) is 11.2 Å². The highest BCUT2D eigenvalue weighted by Crippen LogP contribution is 2.14. The second-order valence-electron chi connectivity index (χ2n) is 3.72. The third kappa shape index (κ3) is 4.11. The van der Waals surface area contributed by atoms with E-state index in [2.05, 4.69) is 4.98 Å². The molecule has 0 aliphatic heterocycles. The summed E-state index contributed by atoms with van der Waals surface area (Å²) in [4.78, 5) is 14.8. The van der Waals surface area contributed by atoms with Crippen LogP contribution in [-0.4, -0.2) is 16.1 Å². The van der Waals surface area contributed by atoms with Crippen LogP contribution in [0.5, 0.6) is 0 Å². The summed E-state index contributed by atoms with van der Waals surface area (Å²) in [6, 6.07) is 3.87. The Morgan fingerprint density at radius 1 is 1.40 bits per heavy atom. The standard InChI is InChI=1S/C12H17NO2/c1-2-3-11(12(14)15)5-4-10-6-8-13-9-7-10/h6-9,11H,2-5H2,1H3,(H,14,15). The van der Waals surface area contributed by atoms with Gasteiger partial charge >= 0.3 is 5.97 Å². The molecule has 3 heteroatoms. The van der Waals surface area contributed by atoms with E-state index in [1.165, 1.54) is 0 Å². The summed E-state index contributed by atoms with van der Waals surface area (Å²) in [5.74, 6) is -0.880. The molecule has 0 radical (unpaired) electrons. The van der Waals surface area contributed by atoms with Crippen molar-refractivity contribution in [1.82, 2.24) is 4.98 Å². The second kappa shape index (κ2) is 6.17. The first-order valence-corrected chi connectivity index (χ1v) is 5.35. The van der Waals surface area contributed by atoms with Gasteiger partial charge in [-0.05, 0) is 37.0 Å². The lowest BCUT2D eigenvalue weighted by atomic mass is 9.96. The van der Waals surface area contributed by atoms with Gasteiger partial charge in [0, 0.05) is 12.4 Å². The van der Waals surface area contributed by atoms with Crippen LogP contribution in [0.1, 0.15) is 31.7 Å². The molecule has 1 N–H and O–H groups in total. The van der Waals surface area contributed by atoms with Crippen LogP contribution in [0.15, 0.2) is 24.5 Å². The van der Waals surface area contributed by atoms with Crippen molar-refractivity contribution in [3.05, 3.63) is 30.1 Å². The van der Waals surface area contributed by atoms with Gasteiger partial charge in [-0.2, -0.15) is 0 Å². The number of carboxylic acids is 1. The fraction of sp³-hybridized carbons (Fsp3) is 0.500. The topological polar surface area (TPSA) is 50.2 Å². The molecule has 0 aliphatic rings. The van der Waals surface area contributed by atoms with E-state index in [0.29, 0.717) is 6.42 Å². The van der Waals surface area contributed by atoms with E-state index in [1.807, 2.05) is 19.1 Å². The first kappa shape index (κ1) is 11.7. The molecule has 1 aromatic rings. The summed E-state index contributed by atoms with van der Waals surface area (Å²) >= 11 is 0. The highest BCUT2D eigenvalue weighted by Gasteiger charge is 2.15. The molecule has 82 valence electrons. The van der Waals surface area contributed by atoms with E-state index < -0.39 is 5.97 Å². The molecule has 0 spiro atoms. The SMILES string of the molecule is CCCC(CCc1ccncc1)C(=O)O. The van der Waals surface area contributed by atoms with Crippen LogP contribution >= 0.6 is 0 Å². The minimum atomic E-state index is -0.675. The van der Waals surface area contributed by atoms with Crippen molar-refractivity contribution in [2.45, 2.75) is 32.6 Å². The highest BCUT2D eigenvalue weighted by molar-refractivity contribution is 5.69. The predicted octanol–water partition coefficient (Wildman–Crippen LogP) is 2.52. The van der Waals surface area contributed by atoms with Crippen molar-refractivity contribution in [1.29, 1.82) is 0 Å². The largest absolute Gasteiger partial charge is 0.481 e. The number of aliphatic carboxylic acids is 1. The Hall–Kier alpha value is -1.38. The maximum atomic E-state index is 10.9. The van der Waals surface area contributed by atoms with E-state index in [0.717, 1.165) is 24.8 Å². The van der Waals surface area contributed by atoms with Crippen LogP contribution < -0.4 is 0 Å². The maximum absolute atomic E-state index is 10.9. The molecule has 0 saturated carbocycles. The summed E-state index contributed by atoms with van der Waals surface area (Å²) in [5.41, 5.74) is 1.16. The summed E-state index contributed by atoms with van der Waals surface area (Å²) in [6.07, 6.45) is 6.70. The maximum Gasteiger partial charge on any atom is 0.306 e. The number of carbonyl (C=O) groups is 1. The Morgan fingerprint density at radius 2 is 2.07 bits per heavy atom. The van der Waals surface area contributed by atoms with Crippen LogP contribution in [0, 0.1) is 5.92 Å². The Bertz CT molecular complexity index is 298. The van der Waals surface area contributed by atoms with E-state index >= 15 is 0 Å². The molecule has 1 unspecified atom stereocenters. The molecule has 1 atom stereocenters. The van der Waals surface area contributed by atoms with Gasteiger partial charge in [0.1, 0.15) is 0 Å². The third-order valence-electron chi connectivity index (χ3n) is 2.52. The molecule has 1 heterocycles. The number of hydrogen-bond acceptors (Lipinski definition) is 2. The normalized spacial score (nSPS) is 12.3. The molecule has 15 heavy (non-hydrogen) atoms. The molecule has 0 aromatic carbocycles. The first-order valence-electron chi connectivity index (χ1n) is 5.35. The van der Waals surface area contributed by atoms with E-state index in [4.69, 9.17) is 5.11 Å². The molecule has 0 aliphatic carbocycles. The Morgan fingerprint density at radius 3 is 2.60 bits per heavy atom. The average molecular weight is 207 g/mol. The summed E-state index contributed by atoms with van der Waals surface area (Å²) in [6.45, 7) is 2.02. The monoisotopic (exact) mass is 207 g/mol. The lowest BCUT2D eigenvalue weighted by Gasteiger charge is -2.10. The van der Waals surface area contributed by atoms with Crippen LogP contribution in [0.2, 0.25) is 0 Å². The molecule has 3 nitrogen and oxygen atoms in total. The molecule has 0 saturated heterocycles. The van der Waals surface area contributed by atoms with Crippen LogP contribution in [0.3, 0.4) is 0 Å². The molecular formula is C12H17NO2. The van der Waals surface area contributed by atoms with E-state index in [9.17, 15) is 4.79 Å². The molecule has 0 amide bonds. The number of aryl methyl sites for hydroxylation is 1. The second-order valence-corrected chi connectivity index (χ2v) is 3.72. The molecule has 1 aromatic heterocycles. The van der Waals surface area contributed by atoms with Gasteiger partial charge in [-0.3, -0.25) is 9.78 Å². The Kier molecular flexibility index (Phi) is 4.81. The predicted molar refractivity (Wildman–Crippen MR) is 58.6 cm³/mol. The number of carboxylic acid groups (broad SMARTS) is 1. The van der Waals surface area contributed by atoms with E-state index in [-0.39, 0.29) is 5.92 Å². The first-order chi connectivity index (χ1) is 7.24. The summed E-state index contributed by atoms with van der Waals surface area (Å²) in [5, 5.41) is 8.97. The minimum Gasteiger partial charge on any atom is -0.481 e. The quantitative estimate of drug-likeness (QED) is 0.779. The van der Waals surface area contributed by atoms with Gasteiger partial charge in [-0.25, -0.2) is 0 Å². The van der Waals surface area contributed by atoms with Gasteiger partial charge < -0.3 is 5.11 Å². The van der Waals surface area contributed by atoms with Gasteiger partial charge in [-0.15, -0.1) is 0 Å².